The van der Waals surface area contributed by atoms with Crippen LogP contribution in [0, 0.1) is 12.8 Å². The summed E-state index contributed by atoms with van der Waals surface area (Å²) >= 11 is 0. The van der Waals surface area contributed by atoms with Gasteiger partial charge in [-0.3, -0.25) is 4.79 Å². The largest absolute Gasteiger partial charge is 0.463 e. The quantitative estimate of drug-likeness (QED) is 0.661. The van der Waals surface area contributed by atoms with Crippen LogP contribution >= 0.6 is 0 Å². The molecule has 1 saturated carbocycles. The summed E-state index contributed by atoms with van der Waals surface area (Å²) in [5.74, 6) is 2.00. The molecule has 8 heteroatoms. The molecule has 1 fully saturated rings. The topological polar surface area (TPSA) is 123 Å². The third-order valence-electron chi connectivity index (χ3n) is 6.37. The van der Waals surface area contributed by atoms with Crippen LogP contribution in [0.1, 0.15) is 62.4 Å². The lowest BCUT2D eigenvalue weighted by molar-refractivity contribution is -0.124. The number of carbonyl (C=O) groups is 1. The van der Waals surface area contributed by atoms with Gasteiger partial charge in [0.15, 0.2) is 11.5 Å². The van der Waals surface area contributed by atoms with Crippen molar-refractivity contribution in [2.24, 2.45) is 10.9 Å². The molecule has 0 spiro atoms. The number of fused-ring (bicyclic) bond motifs is 1. The number of aryl methyl sites for hydroxylation is 1. The van der Waals surface area contributed by atoms with Crippen molar-refractivity contribution in [3.05, 3.63) is 41.2 Å². The van der Waals surface area contributed by atoms with Gasteiger partial charge in [-0.15, -0.1) is 0 Å². The van der Waals surface area contributed by atoms with E-state index in [9.17, 15) is 4.79 Å². The van der Waals surface area contributed by atoms with Gasteiger partial charge in [0.2, 0.25) is 11.8 Å². The Morgan fingerprint density at radius 2 is 1.88 bits per heavy atom. The number of aliphatic hydroxyl groups excluding tert-OH is 1. The first-order valence-corrected chi connectivity index (χ1v) is 11.2. The van der Waals surface area contributed by atoms with Gasteiger partial charge in [-0.1, -0.05) is 24.3 Å². The average molecular weight is 438 g/mol. The minimum absolute atomic E-state index is 0.300. The van der Waals surface area contributed by atoms with E-state index >= 15 is 0 Å². The third-order valence-corrected chi connectivity index (χ3v) is 6.37. The van der Waals surface area contributed by atoms with Gasteiger partial charge in [0.25, 0.3) is 0 Å². The Morgan fingerprint density at radius 3 is 2.53 bits per heavy atom. The van der Waals surface area contributed by atoms with Crippen LogP contribution in [0.4, 0.5) is 11.5 Å². The van der Waals surface area contributed by atoms with Gasteiger partial charge in [0.1, 0.15) is 18.0 Å². The molecule has 0 radical (unpaired) electrons. The van der Waals surface area contributed by atoms with Crippen molar-refractivity contribution in [2.45, 2.75) is 58.0 Å². The van der Waals surface area contributed by atoms with E-state index in [1.54, 1.807) is 6.92 Å². The molecule has 4 rings (SSSR count). The number of hydrogen-bond acceptors (Lipinski definition) is 7. The normalized spacial score (nSPS) is 21.8. The van der Waals surface area contributed by atoms with Crippen LogP contribution in [0.5, 0.6) is 5.88 Å². The fraction of sp³-hybridized carbons (Fsp3) is 0.500. The molecule has 1 aliphatic heterocycles. The second-order valence-corrected chi connectivity index (χ2v) is 9.18. The number of aliphatic imine (C=N–C) groups is 1. The Hall–Kier alpha value is -3.00. The number of ether oxygens (including phenoxy) is 1. The summed E-state index contributed by atoms with van der Waals surface area (Å²) in [5.41, 5.74) is 9.04. The molecule has 0 bridgehead atoms. The molecule has 4 N–H and O–H groups in total. The highest BCUT2D eigenvalue weighted by atomic mass is 16.5. The minimum Gasteiger partial charge on any atom is -0.463 e. The van der Waals surface area contributed by atoms with Crippen LogP contribution in [0.25, 0.3) is 0 Å². The fourth-order valence-electron chi connectivity index (χ4n) is 4.61. The number of aliphatic hydroxyl groups is 1. The number of nitrogens with one attached hydrogen (secondary N) is 1. The van der Waals surface area contributed by atoms with Crippen LogP contribution in [0.3, 0.4) is 0 Å². The number of anilines is 1. The molecule has 170 valence electrons. The third kappa shape index (κ3) is 4.60. The van der Waals surface area contributed by atoms with Gasteiger partial charge in [-0.25, -0.2) is 9.98 Å². The average Bonchev–Trinajstić information content (AvgIpc) is 2.77. The number of amides is 1. The number of nitrogens with two attached hydrogens (primary N) is 1. The number of nitrogens with zero attached hydrogens (tertiary/aromatic N) is 3. The smallest absolute Gasteiger partial charge is 0.246 e. The molecule has 0 atom stereocenters. The second kappa shape index (κ2) is 8.86. The van der Waals surface area contributed by atoms with E-state index in [4.69, 9.17) is 20.6 Å². The number of nitrogen functional groups attached to an aromatic ring is 1. The molecule has 1 aromatic carbocycles. The highest BCUT2D eigenvalue weighted by Gasteiger charge is 2.35. The van der Waals surface area contributed by atoms with Crippen molar-refractivity contribution in [2.75, 3.05) is 18.9 Å². The maximum Gasteiger partial charge on any atom is 0.246 e. The van der Waals surface area contributed by atoms with Crippen LogP contribution < -0.4 is 15.8 Å². The Morgan fingerprint density at radius 1 is 1.19 bits per heavy atom. The molecule has 2 heterocycles. The molecular formula is C24H31N5O3. The molecule has 0 saturated heterocycles. The molecule has 1 aromatic heterocycles. The highest BCUT2D eigenvalue weighted by Crippen LogP contribution is 2.40. The zero-order valence-corrected chi connectivity index (χ0v) is 18.9. The maximum atomic E-state index is 11.3. The monoisotopic (exact) mass is 437 g/mol. The van der Waals surface area contributed by atoms with E-state index in [2.05, 4.69) is 39.6 Å². The van der Waals surface area contributed by atoms with Gasteiger partial charge >= 0.3 is 0 Å². The van der Waals surface area contributed by atoms with Gasteiger partial charge in [0.05, 0.1) is 5.71 Å². The van der Waals surface area contributed by atoms with Crippen molar-refractivity contribution in [3.8, 4) is 5.88 Å². The summed E-state index contributed by atoms with van der Waals surface area (Å²) in [6.45, 7) is 5.94. The molecular weight excluding hydrogens is 406 g/mol. The summed E-state index contributed by atoms with van der Waals surface area (Å²) in [6, 6.07) is 8.56. The lowest BCUT2D eigenvalue weighted by atomic mass is 9.78. The highest BCUT2D eigenvalue weighted by molar-refractivity contribution is 6.09. The minimum atomic E-state index is -0.640. The number of hydrogen-bond donors (Lipinski definition) is 3. The van der Waals surface area contributed by atoms with Gasteiger partial charge in [0, 0.05) is 12.1 Å². The predicted octanol–water partition coefficient (Wildman–Crippen LogP) is 3.04. The van der Waals surface area contributed by atoms with Crippen molar-refractivity contribution in [1.82, 2.24) is 15.3 Å². The molecule has 32 heavy (non-hydrogen) atoms. The second-order valence-electron chi connectivity index (χ2n) is 9.18. The van der Waals surface area contributed by atoms with Crippen molar-refractivity contribution in [1.29, 1.82) is 0 Å². The molecule has 2 aromatic rings. The summed E-state index contributed by atoms with van der Waals surface area (Å²) in [4.78, 5) is 24.6. The lowest BCUT2D eigenvalue weighted by Crippen LogP contribution is -2.41. The van der Waals surface area contributed by atoms with Crippen LogP contribution in [0.2, 0.25) is 0 Å². The molecule has 8 nitrogen and oxygen atoms in total. The number of benzene rings is 1. The Labute approximate surface area is 188 Å². The van der Waals surface area contributed by atoms with Crippen LogP contribution in [-0.4, -0.2) is 45.4 Å². The summed E-state index contributed by atoms with van der Waals surface area (Å²) in [5, 5.41) is 11.6. The maximum absolute atomic E-state index is 11.3. The fourth-order valence-corrected chi connectivity index (χ4v) is 4.61. The standard InChI is InChI=1S/C24H31N5O3/c1-14-27-22(25)20-23(28-14)32-24(2,3)21(29-20)18-10-8-17(9-11-18)16-6-4-15(5-7-16)12-26-19(31)13-30/h8-11,15-16,30H,4-7,12-13H2,1-3H3,(H,26,31)(H2,25,27,28). The first-order valence-electron chi connectivity index (χ1n) is 11.2. The van der Waals surface area contributed by atoms with E-state index in [0.717, 1.165) is 37.0 Å². The molecule has 2 aliphatic rings. The van der Waals surface area contributed by atoms with Crippen molar-refractivity contribution in [3.63, 3.8) is 0 Å². The van der Waals surface area contributed by atoms with Crippen LogP contribution in [-0.2, 0) is 4.79 Å². The molecule has 0 unspecified atom stereocenters. The van der Waals surface area contributed by atoms with E-state index in [1.165, 1.54) is 5.56 Å². The molecule has 1 aliphatic carbocycles. The van der Waals surface area contributed by atoms with Gasteiger partial charge in [-0.2, -0.15) is 4.98 Å². The number of rotatable bonds is 5. The lowest BCUT2D eigenvalue weighted by Gasteiger charge is -2.32. The zero-order valence-electron chi connectivity index (χ0n) is 18.9. The first-order chi connectivity index (χ1) is 15.3. The van der Waals surface area contributed by atoms with E-state index < -0.39 is 12.2 Å². The Bertz CT molecular complexity index is 1020. The number of aromatic nitrogens is 2. The van der Waals surface area contributed by atoms with E-state index in [0.29, 0.717) is 41.6 Å². The Kier molecular flexibility index (Phi) is 6.15. The van der Waals surface area contributed by atoms with Gasteiger partial charge < -0.3 is 20.9 Å². The Balaban J connectivity index is 1.47. The molecule has 1 amide bonds. The van der Waals surface area contributed by atoms with E-state index in [-0.39, 0.29) is 5.91 Å². The predicted molar refractivity (Wildman–Crippen MR) is 123 cm³/mol. The van der Waals surface area contributed by atoms with Gasteiger partial charge in [-0.05, 0) is 63.9 Å². The number of carbonyl (C=O) groups excluding carboxylic acids is 1. The van der Waals surface area contributed by atoms with Crippen LogP contribution in [0.15, 0.2) is 29.3 Å². The summed E-state index contributed by atoms with van der Waals surface area (Å²) in [6.07, 6.45) is 4.33. The summed E-state index contributed by atoms with van der Waals surface area (Å²) in [7, 11) is 0. The van der Waals surface area contributed by atoms with Crippen molar-refractivity contribution >= 4 is 23.1 Å². The first kappa shape index (κ1) is 22.2. The van der Waals surface area contributed by atoms with Crippen molar-refractivity contribution < 1.29 is 14.6 Å². The SMILES string of the molecule is Cc1nc(N)c2c(n1)OC(C)(C)C(c1ccc(C3CCC(CNC(=O)CO)CC3)cc1)=N2. The zero-order chi connectivity index (χ0) is 22.9. The summed E-state index contributed by atoms with van der Waals surface area (Å²) < 4.78 is 6.15. The van der Waals surface area contributed by atoms with E-state index in [1.807, 2.05) is 13.8 Å².